The number of amides is 1. The van der Waals surface area contributed by atoms with Gasteiger partial charge in [0.05, 0.1) is 30.0 Å². The number of nitrogens with zero attached hydrogens (tertiary/aromatic N) is 1. The maximum absolute atomic E-state index is 14.2. The Kier molecular flexibility index (Phi) is 7.81. The van der Waals surface area contributed by atoms with Crippen LogP contribution >= 0.6 is 11.6 Å². The fourth-order valence-electron chi connectivity index (χ4n) is 3.01. The number of anilines is 1. The predicted octanol–water partition coefficient (Wildman–Crippen LogP) is 3.31. The molecule has 1 fully saturated rings. The van der Waals surface area contributed by atoms with E-state index in [2.05, 4.69) is 0 Å². The number of morpholine rings is 1. The fraction of sp³-hybridized carbons (Fsp3) is 0.300. The van der Waals surface area contributed by atoms with Crippen LogP contribution in [0.3, 0.4) is 0 Å². The molecule has 0 atom stereocenters. The number of alkyl halides is 3. The Hall–Kier alpha value is -2.74. The third-order valence-electron chi connectivity index (χ3n) is 4.65. The smallest absolute Gasteiger partial charge is 0.418 e. The summed E-state index contributed by atoms with van der Waals surface area (Å²) < 4.78 is 89.9. The Bertz CT molecular complexity index is 1200. The minimum Gasteiger partial charge on any atom is -0.452 e. The maximum atomic E-state index is 14.2. The van der Waals surface area contributed by atoms with Crippen LogP contribution in [0.15, 0.2) is 41.3 Å². The number of hydrogen-bond acceptors (Lipinski definition) is 6. The van der Waals surface area contributed by atoms with Crippen molar-refractivity contribution in [1.82, 2.24) is 4.31 Å². The van der Waals surface area contributed by atoms with Gasteiger partial charge in [-0.3, -0.25) is 4.79 Å². The summed E-state index contributed by atoms with van der Waals surface area (Å²) in [4.78, 5) is 23.6. The minimum absolute atomic E-state index is 0.00122. The highest BCUT2D eigenvalue weighted by molar-refractivity contribution is 7.89. The molecule has 0 saturated carbocycles. The molecule has 2 aromatic carbocycles. The van der Waals surface area contributed by atoms with Gasteiger partial charge in [-0.1, -0.05) is 11.6 Å². The minimum atomic E-state index is -4.80. The first kappa shape index (κ1) is 25.9. The summed E-state index contributed by atoms with van der Waals surface area (Å²) in [6.45, 7) is -0.729. The monoisotopic (exact) mass is 524 g/mol. The summed E-state index contributed by atoms with van der Waals surface area (Å²) >= 11 is 5.57. The molecule has 1 amide bonds. The van der Waals surface area contributed by atoms with Crippen LogP contribution in [-0.2, 0) is 30.5 Å². The number of nitrogens with one attached hydrogen (secondary N) is 1. The molecule has 0 aliphatic carbocycles. The first-order chi connectivity index (χ1) is 15.9. The van der Waals surface area contributed by atoms with E-state index < -0.39 is 56.6 Å². The molecule has 0 spiro atoms. The lowest BCUT2D eigenvalue weighted by molar-refractivity contribution is -0.137. The summed E-state index contributed by atoms with van der Waals surface area (Å²) in [5.74, 6) is -3.37. The number of carbonyl (C=O) groups excluding carboxylic acids is 2. The van der Waals surface area contributed by atoms with E-state index in [0.29, 0.717) is 6.07 Å². The topological polar surface area (TPSA) is 102 Å². The van der Waals surface area contributed by atoms with Crippen molar-refractivity contribution in [3.05, 3.63) is 58.4 Å². The molecule has 3 rings (SSSR count). The number of benzene rings is 2. The average Bonchev–Trinajstić information content (AvgIpc) is 2.78. The van der Waals surface area contributed by atoms with Gasteiger partial charge in [-0.05, 0) is 36.4 Å². The van der Waals surface area contributed by atoms with Crippen molar-refractivity contribution in [2.45, 2.75) is 11.1 Å². The molecule has 1 aliphatic rings. The molecule has 1 aliphatic heterocycles. The number of carbonyl (C=O) groups is 2. The second kappa shape index (κ2) is 10.3. The lowest BCUT2D eigenvalue weighted by Crippen LogP contribution is -2.41. The van der Waals surface area contributed by atoms with E-state index in [9.17, 15) is 35.6 Å². The zero-order valence-corrected chi connectivity index (χ0v) is 18.8. The Balaban J connectivity index is 1.70. The van der Waals surface area contributed by atoms with Gasteiger partial charge < -0.3 is 14.8 Å². The van der Waals surface area contributed by atoms with Gasteiger partial charge in [0.25, 0.3) is 5.91 Å². The van der Waals surface area contributed by atoms with Crippen molar-refractivity contribution in [3.63, 3.8) is 0 Å². The van der Waals surface area contributed by atoms with E-state index >= 15 is 0 Å². The molecule has 2 aromatic rings. The number of hydrogen-bond donors (Lipinski definition) is 1. The largest absolute Gasteiger partial charge is 0.452 e. The first-order valence-electron chi connectivity index (χ1n) is 9.61. The third-order valence-corrected chi connectivity index (χ3v) is 6.80. The highest BCUT2D eigenvalue weighted by Crippen LogP contribution is 2.36. The lowest BCUT2D eigenvalue weighted by atomic mass is 10.1. The van der Waals surface area contributed by atoms with E-state index in [1.165, 1.54) is 0 Å². The van der Waals surface area contributed by atoms with E-state index in [1.807, 2.05) is 5.32 Å². The third kappa shape index (κ3) is 6.03. The zero-order chi connectivity index (χ0) is 25.1. The Morgan fingerprint density at radius 1 is 1.12 bits per heavy atom. The number of sulfonamides is 1. The van der Waals surface area contributed by atoms with Crippen molar-refractivity contribution < 1.29 is 45.0 Å². The number of esters is 1. The van der Waals surface area contributed by atoms with Crippen LogP contribution in [-0.4, -0.2) is 57.5 Å². The lowest BCUT2D eigenvalue weighted by Gasteiger charge is -2.26. The SMILES string of the molecule is O=C(COC(=O)c1ccc(F)c(S(=O)(=O)N2CCOCC2)c1)Nc1ccc(Cl)cc1C(F)(F)F. The molecule has 184 valence electrons. The second-order valence-corrected chi connectivity index (χ2v) is 9.32. The van der Waals surface area contributed by atoms with Crippen LogP contribution in [0.25, 0.3) is 0 Å². The highest BCUT2D eigenvalue weighted by Gasteiger charge is 2.34. The molecule has 1 saturated heterocycles. The number of rotatable bonds is 6. The van der Waals surface area contributed by atoms with Gasteiger partial charge >= 0.3 is 12.1 Å². The summed E-state index contributed by atoms with van der Waals surface area (Å²) in [5.41, 5.74) is -2.17. The molecule has 1 heterocycles. The van der Waals surface area contributed by atoms with Crippen LogP contribution in [0.5, 0.6) is 0 Å². The summed E-state index contributed by atoms with van der Waals surface area (Å²) in [5, 5.41) is 1.77. The zero-order valence-electron chi connectivity index (χ0n) is 17.2. The second-order valence-electron chi connectivity index (χ2n) is 6.97. The molecule has 1 N–H and O–H groups in total. The Morgan fingerprint density at radius 3 is 2.44 bits per heavy atom. The maximum Gasteiger partial charge on any atom is 0.418 e. The van der Waals surface area contributed by atoms with Crippen molar-refractivity contribution >= 4 is 39.2 Å². The first-order valence-corrected chi connectivity index (χ1v) is 11.4. The fourth-order valence-corrected chi connectivity index (χ4v) is 4.69. The Morgan fingerprint density at radius 2 is 1.79 bits per heavy atom. The molecule has 0 aromatic heterocycles. The van der Waals surface area contributed by atoms with Crippen LogP contribution < -0.4 is 5.32 Å². The quantitative estimate of drug-likeness (QED) is 0.459. The standard InChI is InChI=1S/C20H17ClF4N2O6S/c21-13-2-4-16(14(10-13)20(23,24)25)26-18(28)11-33-19(29)12-1-3-15(22)17(9-12)34(30,31)27-5-7-32-8-6-27/h1-4,9-10H,5-8,11H2,(H,26,28). The van der Waals surface area contributed by atoms with E-state index in [-0.39, 0.29) is 36.9 Å². The predicted molar refractivity (Wildman–Crippen MR) is 111 cm³/mol. The van der Waals surface area contributed by atoms with E-state index in [0.717, 1.165) is 34.6 Å². The van der Waals surface area contributed by atoms with Crippen LogP contribution in [0.4, 0.5) is 23.2 Å². The normalized spacial score (nSPS) is 15.1. The van der Waals surface area contributed by atoms with Crippen LogP contribution in [0.2, 0.25) is 5.02 Å². The van der Waals surface area contributed by atoms with Crippen LogP contribution in [0.1, 0.15) is 15.9 Å². The van der Waals surface area contributed by atoms with Gasteiger partial charge in [0.15, 0.2) is 6.61 Å². The van der Waals surface area contributed by atoms with Crippen molar-refractivity contribution in [2.75, 3.05) is 38.2 Å². The highest BCUT2D eigenvalue weighted by atomic mass is 35.5. The molecular formula is C20H17ClF4N2O6S. The van der Waals surface area contributed by atoms with Crippen molar-refractivity contribution in [2.24, 2.45) is 0 Å². The summed E-state index contributed by atoms with van der Waals surface area (Å²) in [6.07, 6.45) is -4.80. The molecule has 0 bridgehead atoms. The van der Waals surface area contributed by atoms with Gasteiger partial charge in [0.1, 0.15) is 10.7 Å². The van der Waals surface area contributed by atoms with Gasteiger partial charge in [-0.25, -0.2) is 17.6 Å². The van der Waals surface area contributed by atoms with Gasteiger partial charge in [0.2, 0.25) is 10.0 Å². The van der Waals surface area contributed by atoms with Gasteiger partial charge in [-0.15, -0.1) is 0 Å². The van der Waals surface area contributed by atoms with Crippen molar-refractivity contribution in [1.29, 1.82) is 0 Å². The van der Waals surface area contributed by atoms with Crippen LogP contribution in [0, 0.1) is 5.82 Å². The molecule has 0 unspecified atom stereocenters. The summed E-state index contributed by atoms with van der Waals surface area (Å²) in [7, 11) is -4.27. The summed E-state index contributed by atoms with van der Waals surface area (Å²) in [6, 6.07) is 5.17. The number of ether oxygens (including phenoxy) is 2. The number of halogens is 5. The molecular weight excluding hydrogens is 508 g/mol. The molecule has 8 nitrogen and oxygen atoms in total. The van der Waals surface area contributed by atoms with E-state index in [4.69, 9.17) is 21.1 Å². The molecule has 14 heteroatoms. The van der Waals surface area contributed by atoms with Gasteiger partial charge in [0, 0.05) is 18.1 Å². The van der Waals surface area contributed by atoms with E-state index in [1.54, 1.807) is 0 Å². The average molecular weight is 525 g/mol. The molecule has 0 radical (unpaired) electrons. The van der Waals surface area contributed by atoms with Gasteiger partial charge in [-0.2, -0.15) is 17.5 Å². The Labute approximate surface area is 196 Å². The van der Waals surface area contributed by atoms with Crippen molar-refractivity contribution in [3.8, 4) is 0 Å². The molecule has 34 heavy (non-hydrogen) atoms.